The van der Waals surface area contributed by atoms with Crippen LogP contribution in [0.2, 0.25) is 0 Å². The zero-order valence-electron chi connectivity index (χ0n) is 13.6. The maximum Gasteiger partial charge on any atom is 0.233 e. The molecule has 6 heteroatoms. The molecule has 2 aliphatic rings. The number of hydrogen-bond acceptors (Lipinski definition) is 4. The summed E-state index contributed by atoms with van der Waals surface area (Å²) >= 11 is 0. The molecule has 6 nitrogen and oxygen atoms in total. The lowest BCUT2D eigenvalue weighted by molar-refractivity contribution is -0.140. The second kappa shape index (κ2) is 6.95. The van der Waals surface area contributed by atoms with Gasteiger partial charge in [0.15, 0.2) is 0 Å². The van der Waals surface area contributed by atoms with Gasteiger partial charge in [-0.2, -0.15) is 0 Å². The molecule has 24 heavy (non-hydrogen) atoms. The van der Waals surface area contributed by atoms with Gasteiger partial charge < -0.3 is 5.32 Å². The average Bonchev–Trinajstić information content (AvgIpc) is 2.85. The van der Waals surface area contributed by atoms with E-state index in [1.54, 1.807) is 6.20 Å². The Morgan fingerprint density at radius 1 is 1.25 bits per heavy atom. The number of carbonyl (C=O) groups is 3. The molecule has 3 atom stereocenters. The summed E-state index contributed by atoms with van der Waals surface area (Å²) in [6.45, 7) is 2.00. The van der Waals surface area contributed by atoms with Crippen LogP contribution in [0.3, 0.4) is 0 Å². The van der Waals surface area contributed by atoms with Gasteiger partial charge in [0.05, 0.1) is 23.6 Å². The van der Waals surface area contributed by atoms with E-state index in [0.29, 0.717) is 12.8 Å². The lowest BCUT2D eigenvalue weighted by atomic mass is 9.85. The number of pyridine rings is 1. The minimum atomic E-state index is -0.238. The van der Waals surface area contributed by atoms with Crippen molar-refractivity contribution < 1.29 is 14.4 Å². The van der Waals surface area contributed by atoms with Gasteiger partial charge in [-0.25, -0.2) is 0 Å². The van der Waals surface area contributed by atoms with E-state index in [1.165, 1.54) is 4.90 Å². The lowest BCUT2D eigenvalue weighted by Gasteiger charge is -2.16. The topological polar surface area (TPSA) is 79.4 Å². The monoisotopic (exact) mass is 327 g/mol. The first-order valence-electron chi connectivity index (χ1n) is 8.28. The number of amides is 3. The van der Waals surface area contributed by atoms with Crippen molar-refractivity contribution in [2.24, 2.45) is 11.8 Å². The predicted molar refractivity (Wildman–Crippen MR) is 87.5 cm³/mol. The Morgan fingerprint density at radius 3 is 2.50 bits per heavy atom. The molecule has 0 spiro atoms. The number of hydrogen-bond donors (Lipinski definition) is 1. The van der Waals surface area contributed by atoms with Crippen LogP contribution in [0.5, 0.6) is 0 Å². The quantitative estimate of drug-likeness (QED) is 0.658. The highest BCUT2D eigenvalue weighted by molar-refractivity contribution is 6.05. The van der Waals surface area contributed by atoms with Gasteiger partial charge in [-0.05, 0) is 31.9 Å². The van der Waals surface area contributed by atoms with E-state index in [4.69, 9.17) is 0 Å². The van der Waals surface area contributed by atoms with E-state index < -0.39 is 0 Å². The van der Waals surface area contributed by atoms with Crippen molar-refractivity contribution in [1.82, 2.24) is 15.2 Å². The number of allylic oxidation sites excluding steroid dienone is 2. The normalized spacial score (nSPS) is 24.0. The zero-order chi connectivity index (χ0) is 17.1. The molecule has 3 rings (SSSR count). The maximum absolute atomic E-state index is 12.3. The summed E-state index contributed by atoms with van der Waals surface area (Å²) in [4.78, 5) is 42.2. The summed E-state index contributed by atoms with van der Waals surface area (Å²) in [5, 5.41) is 2.85. The maximum atomic E-state index is 12.3. The minimum absolute atomic E-state index is 0.113. The first-order valence-corrected chi connectivity index (χ1v) is 8.28. The molecule has 1 fully saturated rings. The first kappa shape index (κ1) is 16.4. The van der Waals surface area contributed by atoms with Gasteiger partial charge in [-0.1, -0.05) is 18.2 Å². The van der Waals surface area contributed by atoms with E-state index in [2.05, 4.69) is 10.3 Å². The third kappa shape index (κ3) is 3.22. The number of nitrogens with zero attached hydrogens (tertiary/aromatic N) is 2. The van der Waals surface area contributed by atoms with E-state index in [-0.39, 0.29) is 48.6 Å². The van der Waals surface area contributed by atoms with E-state index in [0.717, 1.165) is 5.69 Å². The van der Waals surface area contributed by atoms with Crippen LogP contribution in [0.4, 0.5) is 0 Å². The average molecular weight is 327 g/mol. The highest BCUT2D eigenvalue weighted by Gasteiger charge is 2.46. The van der Waals surface area contributed by atoms with E-state index in [9.17, 15) is 14.4 Å². The molecule has 1 aliphatic carbocycles. The van der Waals surface area contributed by atoms with Gasteiger partial charge in [0.1, 0.15) is 0 Å². The van der Waals surface area contributed by atoms with Crippen LogP contribution in [0.25, 0.3) is 0 Å². The number of aromatic nitrogens is 1. The summed E-state index contributed by atoms with van der Waals surface area (Å²) in [5.74, 6) is -0.947. The number of likely N-dealkylation sites (tertiary alicyclic amines) is 1. The third-order valence-corrected chi connectivity index (χ3v) is 4.67. The molecule has 1 N–H and O–H groups in total. The molecule has 3 amide bonds. The molecule has 3 unspecified atom stereocenters. The molecule has 1 aromatic rings. The fourth-order valence-electron chi connectivity index (χ4n) is 3.32. The third-order valence-electron chi connectivity index (χ3n) is 4.67. The molecular weight excluding hydrogens is 306 g/mol. The molecule has 126 valence electrons. The number of carbonyl (C=O) groups excluding carboxylic acids is 3. The minimum Gasteiger partial charge on any atom is -0.348 e. The standard InChI is InChI=1S/C18H21N3O3/c1-12(15-8-4-5-10-19-15)20-16(22)9-11-21-17(23)13-6-2-3-7-14(13)18(21)24/h2-5,8,10,12-14H,6-7,9,11H2,1H3,(H,20,22). The molecule has 0 saturated carbocycles. The molecule has 1 aliphatic heterocycles. The van der Waals surface area contributed by atoms with Crippen LogP contribution in [-0.2, 0) is 14.4 Å². The Balaban J connectivity index is 1.53. The molecule has 0 aromatic carbocycles. The van der Waals surface area contributed by atoms with Gasteiger partial charge in [0.25, 0.3) is 0 Å². The summed E-state index contributed by atoms with van der Waals surface area (Å²) in [5.41, 5.74) is 0.774. The molecule has 1 saturated heterocycles. The summed E-state index contributed by atoms with van der Waals surface area (Å²) in [7, 11) is 0. The predicted octanol–water partition coefficient (Wildman–Crippen LogP) is 1.60. The van der Waals surface area contributed by atoms with Crippen LogP contribution in [0.1, 0.15) is 37.9 Å². The van der Waals surface area contributed by atoms with E-state index in [1.807, 2.05) is 37.3 Å². The van der Waals surface area contributed by atoms with Crippen LogP contribution < -0.4 is 5.32 Å². The van der Waals surface area contributed by atoms with Crippen molar-refractivity contribution in [3.05, 3.63) is 42.2 Å². The Kier molecular flexibility index (Phi) is 4.74. The lowest BCUT2D eigenvalue weighted by Crippen LogP contribution is -2.36. The highest BCUT2D eigenvalue weighted by Crippen LogP contribution is 2.34. The zero-order valence-corrected chi connectivity index (χ0v) is 13.6. The van der Waals surface area contributed by atoms with Crippen molar-refractivity contribution in [2.75, 3.05) is 6.54 Å². The largest absolute Gasteiger partial charge is 0.348 e. The highest BCUT2D eigenvalue weighted by atomic mass is 16.2. The van der Waals surface area contributed by atoms with Gasteiger partial charge in [-0.15, -0.1) is 0 Å². The molecule has 2 heterocycles. The fourth-order valence-corrected chi connectivity index (χ4v) is 3.32. The van der Waals surface area contributed by atoms with Gasteiger partial charge in [0, 0.05) is 19.2 Å². The Morgan fingerprint density at radius 2 is 1.92 bits per heavy atom. The van der Waals surface area contributed by atoms with E-state index >= 15 is 0 Å². The van der Waals surface area contributed by atoms with Crippen LogP contribution in [0, 0.1) is 11.8 Å². The SMILES string of the molecule is CC(NC(=O)CCN1C(=O)C2CC=CCC2C1=O)c1ccccn1. The fraction of sp³-hybridized carbons (Fsp3) is 0.444. The molecular formula is C18H21N3O3. The number of imide groups is 1. The van der Waals surface area contributed by atoms with Crippen molar-refractivity contribution in [3.63, 3.8) is 0 Å². The number of rotatable bonds is 5. The van der Waals surface area contributed by atoms with Gasteiger partial charge in [-0.3, -0.25) is 24.3 Å². The van der Waals surface area contributed by atoms with Crippen molar-refractivity contribution in [3.8, 4) is 0 Å². The summed E-state index contributed by atoms with van der Waals surface area (Å²) in [6.07, 6.45) is 6.94. The van der Waals surface area contributed by atoms with Gasteiger partial charge in [0.2, 0.25) is 17.7 Å². The van der Waals surface area contributed by atoms with Crippen molar-refractivity contribution in [2.45, 2.75) is 32.2 Å². The van der Waals surface area contributed by atoms with Crippen LogP contribution in [-0.4, -0.2) is 34.2 Å². The second-order valence-electron chi connectivity index (χ2n) is 6.28. The Bertz CT molecular complexity index is 645. The summed E-state index contributed by atoms with van der Waals surface area (Å²) < 4.78 is 0. The van der Waals surface area contributed by atoms with Gasteiger partial charge >= 0.3 is 0 Å². The van der Waals surface area contributed by atoms with Crippen LogP contribution in [0.15, 0.2) is 36.5 Å². The molecule has 0 radical (unpaired) electrons. The second-order valence-corrected chi connectivity index (χ2v) is 6.28. The Hall–Kier alpha value is -2.50. The smallest absolute Gasteiger partial charge is 0.233 e. The molecule has 0 bridgehead atoms. The Labute approximate surface area is 140 Å². The van der Waals surface area contributed by atoms with Crippen molar-refractivity contribution >= 4 is 17.7 Å². The number of fused-ring (bicyclic) bond motifs is 1. The summed E-state index contributed by atoms with van der Waals surface area (Å²) in [6, 6.07) is 5.31. The first-order chi connectivity index (χ1) is 11.6. The number of nitrogens with one attached hydrogen (secondary N) is 1. The van der Waals surface area contributed by atoms with Crippen molar-refractivity contribution in [1.29, 1.82) is 0 Å². The molecule has 1 aromatic heterocycles. The van der Waals surface area contributed by atoms with Crippen LogP contribution >= 0.6 is 0 Å².